The van der Waals surface area contributed by atoms with Crippen LogP contribution in [-0.2, 0) is 0 Å². The molecular formula is C23H15ClN2O5. The summed E-state index contributed by atoms with van der Waals surface area (Å²) in [6, 6.07) is 17.9. The third-order valence-electron chi connectivity index (χ3n) is 4.82. The average molecular weight is 435 g/mol. The maximum Gasteiger partial charge on any atom is 0.344 e. The monoisotopic (exact) mass is 434 g/mol. The summed E-state index contributed by atoms with van der Waals surface area (Å²) in [4.78, 5) is 35.4. The first-order valence-corrected chi connectivity index (χ1v) is 9.60. The van der Waals surface area contributed by atoms with Crippen LogP contribution in [-0.4, -0.2) is 10.8 Å². The van der Waals surface area contributed by atoms with Gasteiger partial charge in [-0.1, -0.05) is 35.9 Å². The van der Waals surface area contributed by atoms with Crippen molar-refractivity contribution in [3.8, 4) is 11.1 Å². The average Bonchev–Trinajstić information content (AvgIpc) is 2.73. The highest BCUT2D eigenvalue weighted by Gasteiger charge is 2.17. The van der Waals surface area contributed by atoms with Crippen molar-refractivity contribution in [2.75, 3.05) is 5.32 Å². The molecule has 7 nitrogen and oxygen atoms in total. The fourth-order valence-electron chi connectivity index (χ4n) is 3.29. The Balaban J connectivity index is 1.63. The molecule has 0 saturated carbocycles. The van der Waals surface area contributed by atoms with Gasteiger partial charge in [-0.05, 0) is 54.4 Å². The second-order valence-electron chi connectivity index (χ2n) is 6.89. The number of carbonyl (C=O) groups excluding carboxylic acids is 1. The van der Waals surface area contributed by atoms with E-state index in [9.17, 15) is 19.7 Å². The first-order chi connectivity index (χ1) is 14.8. The predicted octanol–water partition coefficient (Wildman–Crippen LogP) is 5.58. The lowest BCUT2D eigenvalue weighted by molar-refractivity contribution is -0.384. The molecule has 31 heavy (non-hydrogen) atoms. The lowest BCUT2D eigenvalue weighted by Gasteiger charge is -2.10. The predicted molar refractivity (Wildman–Crippen MR) is 119 cm³/mol. The molecule has 154 valence electrons. The highest BCUT2D eigenvalue weighted by molar-refractivity contribution is 6.32. The van der Waals surface area contributed by atoms with Crippen LogP contribution in [0, 0.1) is 17.0 Å². The van der Waals surface area contributed by atoms with Crippen LogP contribution >= 0.6 is 11.6 Å². The number of para-hydroxylation sites is 1. The molecule has 8 heteroatoms. The van der Waals surface area contributed by atoms with E-state index in [0.29, 0.717) is 22.4 Å². The van der Waals surface area contributed by atoms with Crippen LogP contribution in [0.5, 0.6) is 0 Å². The molecule has 1 N–H and O–H groups in total. The van der Waals surface area contributed by atoms with Crippen molar-refractivity contribution in [1.82, 2.24) is 0 Å². The molecule has 0 saturated heterocycles. The largest absolute Gasteiger partial charge is 0.422 e. The normalized spacial score (nSPS) is 10.8. The SMILES string of the molecule is Cc1cc(NC(=O)c2ccc(Cl)c([N+](=O)[O-])c2)ccc1-c1cc2ccccc2oc1=O. The molecule has 0 bridgehead atoms. The summed E-state index contributed by atoms with van der Waals surface area (Å²) in [5, 5.41) is 14.5. The van der Waals surface area contributed by atoms with Gasteiger partial charge in [-0.3, -0.25) is 14.9 Å². The van der Waals surface area contributed by atoms with Crippen LogP contribution in [0.25, 0.3) is 22.1 Å². The van der Waals surface area contributed by atoms with Crippen LogP contribution in [0.2, 0.25) is 5.02 Å². The Hall–Kier alpha value is -3.97. The first kappa shape index (κ1) is 20.3. The van der Waals surface area contributed by atoms with E-state index in [1.165, 1.54) is 12.1 Å². The van der Waals surface area contributed by atoms with Gasteiger partial charge in [-0.15, -0.1) is 0 Å². The Morgan fingerprint density at radius 1 is 1.03 bits per heavy atom. The molecule has 0 fully saturated rings. The van der Waals surface area contributed by atoms with Crippen LogP contribution < -0.4 is 10.9 Å². The smallest absolute Gasteiger partial charge is 0.344 e. The maximum absolute atomic E-state index is 12.5. The number of hydrogen-bond donors (Lipinski definition) is 1. The second-order valence-corrected chi connectivity index (χ2v) is 7.30. The summed E-state index contributed by atoms with van der Waals surface area (Å²) >= 11 is 5.80. The Bertz CT molecular complexity index is 1410. The van der Waals surface area contributed by atoms with Gasteiger partial charge in [-0.25, -0.2) is 4.79 Å². The van der Waals surface area contributed by atoms with Gasteiger partial charge >= 0.3 is 5.63 Å². The maximum atomic E-state index is 12.5. The molecule has 0 aliphatic carbocycles. The minimum atomic E-state index is -0.646. The van der Waals surface area contributed by atoms with Crippen molar-refractivity contribution in [1.29, 1.82) is 0 Å². The van der Waals surface area contributed by atoms with E-state index in [2.05, 4.69) is 5.32 Å². The zero-order chi connectivity index (χ0) is 22.1. The molecule has 1 heterocycles. The van der Waals surface area contributed by atoms with Crippen molar-refractivity contribution in [2.24, 2.45) is 0 Å². The van der Waals surface area contributed by atoms with Crippen molar-refractivity contribution < 1.29 is 14.1 Å². The van der Waals surface area contributed by atoms with Gasteiger partial charge in [0.2, 0.25) is 0 Å². The topological polar surface area (TPSA) is 102 Å². The molecule has 0 radical (unpaired) electrons. The van der Waals surface area contributed by atoms with Gasteiger partial charge in [0.05, 0.1) is 10.5 Å². The zero-order valence-corrected chi connectivity index (χ0v) is 17.0. The van der Waals surface area contributed by atoms with Gasteiger partial charge < -0.3 is 9.73 Å². The van der Waals surface area contributed by atoms with Crippen molar-refractivity contribution in [3.63, 3.8) is 0 Å². The minimum absolute atomic E-state index is 0.0454. The number of halogens is 1. The van der Waals surface area contributed by atoms with Gasteiger partial charge in [0, 0.05) is 22.7 Å². The number of carbonyl (C=O) groups is 1. The van der Waals surface area contributed by atoms with E-state index in [1.54, 1.807) is 36.4 Å². The van der Waals surface area contributed by atoms with E-state index in [-0.39, 0.29) is 16.3 Å². The number of rotatable bonds is 4. The fraction of sp³-hybridized carbons (Fsp3) is 0.0435. The zero-order valence-electron chi connectivity index (χ0n) is 16.2. The first-order valence-electron chi connectivity index (χ1n) is 9.23. The van der Waals surface area contributed by atoms with E-state index < -0.39 is 16.5 Å². The minimum Gasteiger partial charge on any atom is -0.422 e. The van der Waals surface area contributed by atoms with Crippen LogP contribution in [0.1, 0.15) is 15.9 Å². The van der Waals surface area contributed by atoms with E-state index in [1.807, 2.05) is 19.1 Å². The van der Waals surface area contributed by atoms with Gasteiger partial charge in [0.1, 0.15) is 10.6 Å². The Labute approximate surface area is 181 Å². The molecule has 4 aromatic rings. The molecular weight excluding hydrogens is 420 g/mol. The summed E-state index contributed by atoms with van der Waals surface area (Å²) in [5.41, 5.74) is 2.15. The molecule has 0 spiro atoms. The number of nitro groups is 1. The Morgan fingerprint density at radius 3 is 2.55 bits per heavy atom. The van der Waals surface area contributed by atoms with E-state index in [4.69, 9.17) is 16.0 Å². The number of fused-ring (bicyclic) bond motifs is 1. The molecule has 0 atom stereocenters. The molecule has 0 unspecified atom stereocenters. The lowest BCUT2D eigenvalue weighted by Crippen LogP contribution is -2.12. The fourth-order valence-corrected chi connectivity index (χ4v) is 3.48. The van der Waals surface area contributed by atoms with Crippen LogP contribution in [0.3, 0.4) is 0 Å². The van der Waals surface area contributed by atoms with Crippen molar-refractivity contribution >= 4 is 39.9 Å². The third-order valence-corrected chi connectivity index (χ3v) is 5.14. The molecule has 0 aliphatic heterocycles. The third kappa shape index (κ3) is 4.04. The molecule has 0 aliphatic rings. The summed E-state index contributed by atoms with van der Waals surface area (Å²) in [5.74, 6) is -0.517. The van der Waals surface area contributed by atoms with Gasteiger partial charge in [-0.2, -0.15) is 0 Å². The highest BCUT2D eigenvalue weighted by Crippen LogP contribution is 2.28. The number of anilines is 1. The lowest BCUT2D eigenvalue weighted by atomic mass is 10.0. The van der Waals surface area contributed by atoms with Gasteiger partial charge in [0.25, 0.3) is 11.6 Å². The highest BCUT2D eigenvalue weighted by atomic mass is 35.5. The summed E-state index contributed by atoms with van der Waals surface area (Å²) in [6.07, 6.45) is 0. The summed E-state index contributed by atoms with van der Waals surface area (Å²) in [7, 11) is 0. The number of nitrogens with zero attached hydrogens (tertiary/aromatic N) is 1. The number of nitro benzene ring substituents is 1. The molecule has 1 amide bonds. The molecule has 4 rings (SSSR count). The van der Waals surface area contributed by atoms with E-state index in [0.717, 1.165) is 17.0 Å². The van der Waals surface area contributed by atoms with Crippen molar-refractivity contribution in [2.45, 2.75) is 6.92 Å². The quantitative estimate of drug-likeness (QED) is 0.256. The van der Waals surface area contributed by atoms with Crippen LogP contribution in [0.4, 0.5) is 11.4 Å². The van der Waals surface area contributed by atoms with Crippen molar-refractivity contribution in [3.05, 3.63) is 103 Å². The number of aryl methyl sites for hydroxylation is 1. The van der Waals surface area contributed by atoms with Gasteiger partial charge in [0.15, 0.2) is 0 Å². The van der Waals surface area contributed by atoms with Crippen LogP contribution in [0.15, 0.2) is 75.9 Å². The number of nitrogens with one attached hydrogen (secondary N) is 1. The van der Waals surface area contributed by atoms with E-state index >= 15 is 0 Å². The Kier molecular flexibility index (Phi) is 5.27. The molecule has 3 aromatic carbocycles. The number of benzene rings is 3. The standard InChI is InChI=1S/C23H15ClN2O5/c1-13-10-16(25-22(27)15-6-9-19(24)20(12-15)26(29)30)7-8-17(13)18-11-14-4-2-3-5-21(14)31-23(18)28/h2-12H,1H3,(H,25,27). The molecule has 1 aromatic heterocycles. The summed E-state index contributed by atoms with van der Waals surface area (Å²) < 4.78 is 5.40. The second kappa shape index (κ2) is 8.04. The number of hydrogen-bond acceptors (Lipinski definition) is 5. The summed E-state index contributed by atoms with van der Waals surface area (Å²) in [6.45, 7) is 1.81. The Morgan fingerprint density at radius 2 is 1.81 bits per heavy atom. The number of amides is 1.